The monoisotopic (exact) mass is 323 g/mol. The highest BCUT2D eigenvalue weighted by molar-refractivity contribution is 7.13. The fourth-order valence-electron chi connectivity index (χ4n) is 1.63. The molecule has 0 saturated heterocycles. The molecule has 2 aromatic rings. The molecule has 0 fully saturated rings. The smallest absolute Gasteiger partial charge is 0.297 e. The number of nitrogens with zero attached hydrogens (tertiary/aromatic N) is 2. The van der Waals surface area contributed by atoms with E-state index in [1.54, 1.807) is 11.4 Å². The van der Waals surface area contributed by atoms with Crippen LogP contribution in [0.5, 0.6) is 0 Å². The van der Waals surface area contributed by atoms with Crippen LogP contribution >= 0.6 is 11.3 Å². The zero-order valence-electron chi connectivity index (χ0n) is 10.9. The molecule has 8 heteroatoms. The molecule has 0 unspecified atom stereocenters. The van der Waals surface area contributed by atoms with E-state index in [0.717, 1.165) is 23.5 Å². The van der Waals surface area contributed by atoms with Gasteiger partial charge in [-0.1, -0.05) is 18.2 Å². The van der Waals surface area contributed by atoms with Gasteiger partial charge in [0, 0.05) is 11.6 Å². The van der Waals surface area contributed by atoms with Gasteiger partial charge >= 0.3 is 6.18 Å². The predicted molar refractivity (Wildman–Crippen MR) is 75.8 cm³/mol. The third-order valence-electron chi connectivity index (χ3n) is 2.58. The van der Waals surface area contributed by atoms with Crippen LogP contribution in [0.3, 0.4) is 0 Å². The lowest BCUT2D eigenvalue weighted by molar-refractivity contribution is -0.137. The maximum absolute atomic E-state index is 12.9. The zero-order chi connectivity index (χ0) is 16.2. The first-order valence-electron chi connectivity index (χ1n) is 5.90. The van der Waals surface area contributed by atoms with Crippen LogP contribution in [0.4, 0.5) is 18.3 Å². The quantitative estimate of drug-likeness (QED) is 0.692. The molecule has 0 atom stereocenters. The third kappa shape index (κ3) is 3.71. The summed E-state index contributed by atoms with van der Waals surface area (Å²) in [7, 11) is 0. The largest absolute Gasteiger partial charge is 0.416 e. The van der Waals surface area contributed by atoms with E-state index in [-0.39, 0.29) is 10.7 Å². The van der Waals surface area contributed by atoms with Crippen LogP contribution < -0.4 is 5.32 Å². The number of carbonyl (C=O) groups is 1. The number of nitriles is 1. The van der Waals surface area contributed by atoms with Crippen LogP contribution in [0.15, 0.2) is 41.4 Å². The van der Waals surface area contributed by atoms with Crippen LogP contribution in [0, 0.1) is 11.3 Å². The highest BCUT2D eigenvalue weighted by Gasteiger charge is 2.32. The summed E-state index contributed by atoms with van der Waals surface area (Å²) in [6, 6.07) is 6.32. The van der Waals surface area contributed by atoms with E-state index in [4.69, 9.17) is 5.26 Å². The first-order chi connectivity index (χ1) is 10.4. The summed E-state index contributed by atoms with van der Waals surface area (Å²) in [5, 5.41) is 13.2. The van der Waals surface area contributed by atoms with Gasteiger partial charge in [-0.15, -0.1) is 11.3 Å². The topological polar surface area (TPSA) is 65.8 Å². The number of alkyl halides is 3. The van der Waals surface area contributed by atoms with Crippen molar-refractivity contribution < 1.29 is 18.0 Å². The second-order valence-corrected chi connectivity index (χ2v) is 4.94. The number of aromatic nitrogens is 1. The molecular formula is C14H8F3N3OS. The normalized spacial score (nSPS) is 11.8. The fraction of sp³-hybridized carbons (Fsp3) is 0.0714. The van der Waals surface area contributed by atoms with Crippen molar-refractivity contribution in [2.75, 3.05) is 5.32 Å². The van der Waals surface area contributed by atoms with Gasteiger partial charge in [0.05, 0.1) is 5.56 Å². The Morgan fingerprint density at radius 2 is 2.09 bits per heavy atom. The SMILES string of the molecule is N#C/C(=C\c1ccccc1C(F)(F)F)C(=O)Nc1nccs1. The van der Waals surface area contributed by atoms with E-state index in [2.05, 4.69) is 10.3 Å². The average molecular weight is 323 g/mol. The number of nitrogens with one attached hydrogen (secondary N) is 1. The Morgan fingerprint density at radius 3 is 2.68 bits per heavy atom. The molecule has 0 spiro atoms. The van der Waals surface area contributed by atoms with Gasteiger partial charge in [0.25, 0.3) is 5.91 Å². The lowest BCUT2D eigenvalue weighted by Crippen LogP contribution is -2.14. The molecule has 112 valence electrons. The number of hydrogen-bond acceptors (Lipinski definition) is 4. The van der Waals surface area contributed by atoms with E-state index in [1.807, 2.05) is 0 Å². The van der Waals surface area contributed by atoms with Crippen LogP contribution in [-0.4, -0.2) is 10.9 Å². The lowest BCUT2D eigenvalue weighted by atomic mass is 10.0. The molecule has 22 heavy (non-hydrogen) atoms. The van der Waals surface area contributed by atoms with Gasteiger partial charge in [0.2, 0.25) is 0 Å². The minimum absolute atomic E-state index is 0.249. The standard InChI is InChI=1S/C14H8F3N3OS/c15-14(16,17)11-4-2-1-3-9(11)7-10(8-18)12(21)20-13-19-5-6-22-13/h1-7H,(H,19,20,21)/b10-7+. The second-order valence-electron chi connectivity index (χ2n) is 4.05. The van der Waals surface area contributed by atoms with Crippen molar-refractivity contribution in [2.45, 2.75) is 6.18 Å². The number of halogens is 3. The summed E-state index contributed by atoms with van der Waals surface area (Å²) >= 11 is 1.13. The molecule has 1 heterocycles. The molecule has 1 amide bonds. The average Bonchev–Trinajstić information content (AvgIpc) is 2.96. The van der Waals surface area contributed by atoms with Crippen LogP contribution in [0.1, 0.15) is 11.1 Å². The van der Waals surface area contributed by atoms with E-state index in [0.29, 0.717) is 0 Å². The molecule has 1 N–H and O–H groups in total. The van der Waals surface area contributed by atoms with Gasteiger partial charge < -0.3 is 0 Å². The summed E-state index contributed by atoms with van der Waals surface area (Å²) in [6.45, 7) is 0. The number of amides is 1. The van der Waals surface area contributed by atoms with Crippen molar-refractivity contribution in [3.63, 3.8) is 0 Å². The van der Waals surface area contributed by atoms with E-state index < -0.39 is 23.2 Å². The van der Waals surface area contributed by atoms with Crippen molar-refractivity contribution in [1.82, 2.24) is 4.98 Å². The Morgan fingerprint density at radius 1 is 1.36 bits per heavy atom. The maximum Gasteiger partial charge on any atom is 0.416 e. The number of anilines is 1. The summed E-state index contributed by atoms with van der Waals surface area (Å²) < 4.78 is 38.7. The van der Waals surface area contributed by atoms with Crippen LogP contribution in [-0.2, 0) is 11.0 Å². The Bertz CT molecular complexity index is 745. The zero-order valence-corrected chi connectivity index (χ0v) is 11.7. The molecule has 0 aliphatic rings. The van der Waals surface area contributed by atoms with E-state index in [1.165, 1.54) is 24.4 Å². The minimum atomic E-state index is -4.57. The van der Waals surface area contributed by atoms with Crippen molar-refractivity contribution in [1.29, 1.82) is 5.26 Å². The van der Waals surface area contributed by atoms with Crippen LogP contribution in [0.25, 0.3) is 6.08 Å². The third-order valence-corrected chi connectivity index (χ3v) is 3.27. The van der Waals surface area contributed by atoms with Gasteiger partial charge in [0.1, 0.15) is 11.6 Å². The summed E-state index contributed by atoms with van der Waals surface area (Å²) in [5.41, 5.74) is -1.60. The van der Waals surface area contributed by atoms with Gasteiger partial charge in [-0.2, -0.15) is 18.4 Å². The maximum atomic E-state index is 12.9. The first-order valence-corrected chi connectivity index (χ1v) is 6.78. The summed E-state index contributed by atoms with van der Waals surface area (Å²) in [6.07, 6.45) is -2.21. The van der Waals surface area contributed by atoms with Crippen molar-refractivity contribution >= 4 is 28.5 Å². The van der Waals surface area contributed by atoms with Gasteiger partial charge in [0.15, 0.2) is 5.13 Å². The molecule has 1 aromatic carbocycles. The lowest BCUT2D eigenvalue weighted by Gasteiger charge is -2.10. The fourth-order valence-corrected chi connectivity index (χ4v) is 2.16. The highest BCUT2D eigenvalue weighted by Crippen LogP contribution is 2.32. The number of hydrogen-bond donors (Lipinski definition) is 1. The van der Waals surface area contributed by atoms with Crippen LogP contribution in [0.2, 0.25) is 0 Å². The van der Waals surface area contributed by atoms with Gasteiger partial charge in [-0.05, 0) is 17.7 Å². The molecule has 1 aromatic heterocycles. The highest BCUT2D eigenvalue weighted by atomic mass is 32.1. The minimum Gasteiger partial charge on any atom is -0.297 e. The number of benzene rings is 1. The Hall–Kier alpha value is -2.66. The van der Waals surface area contributed by atoms with Gasteiger partial charge in [-0.3, -0.25) is 10.1 Å². The molecule has 2 rings (SSSR count). The summed E-state index contributed by atoms with van der Waals surface area (Å²) in [4.78, 5) is 15.7. The Balaban J connectivity index is 2.34. The van der Waals surface area contributed by atoms with E-state index in [9.17, 15) is 18.0 Å². The molecule has 0 bridgehead atoms. The summed E-state index contributed by atoms with van der Waals surface area (Å²) in [5.74, 6) is -0.811. The number of thiazole rings is 1. The molecule has 0 aliphatic carbocycles. The predicted octanol–water partition coefficient (Wildman–Crippen LogP) is 3.71. The number of carbonyl (C=O) groups excluding carboxylic acids is 1. The van der Waals surface area contributed by atoms with Crippen molar-refractivity contribution in [3.05, 3.63) is 52.5 Å². The van der Waals surface area contributed by atoms with Gasteiger partial charge in [-0.25, -0.2) is 4.98 Å². The first kappa shape index (κ1) is 15.7. The Labute approximate surface area is 127 Å². The van der Waals surface area contributed by atoms with Crippen molar-refractivity contribution in [3.8, 4) is 6.07 Å². The molecular weight excluding hydrogens is 315 g/mol. The molecule has 0 aliphatic heterocycles. The molecule has 4 nitrogen and oxygen atoms in total. The molecule has 0 radical (unpaired) electrons. The molecule has 0 saturated carbocycles. The van der Waals surface area contributed by atoms with Crippen molar-refractivity contribution in [2.24, 2.45) is 0 Å². The Kier molecular flexibility index (Phi) is 4.58. The second kappa shape index (κ2) is 6.41. The van der Waals surface area contributed by atoms with E-state index >= 15 is 0 Å². The number of rotatable bonds is 3.